The van der Waals surface area contributed by atoms with Crippen LogP contribution in [0.3, 0.4) is 0 Å². The zero-order chi connectivity index (χ0) is 25.3. The number of carbonyl (C=O) groups is 2. The Balaban J connectivity index is 1.24. The quantitative estimate of drug-likeness (QED) is 0.140. The van der Waals surface area contributed by atoms with Crippen molar-refractivity contribution in [2.24, 2.45) is 4.99 Å². The van der Waals surface area contributed by atoms with E-state index in [0.29, 0.717) is 24.2 Å². The van der Waals surface area contributed by atoms with Crippen LogP contribution in [0.1, 0.15) is 22.6 Å². The normalized spacial score (nSPS) is 13.3. The number of hydrogen-bond acceptors (Lipinski definition) is 5. The summed E-state index contributed by atoms with van der Waals surface area (Å²) in [5, 5.41) is 5.80. The van der Waals surface area contributed by atoms with Crippen LogP contribution in [0.2, 0.25) is 0 Å². The van der Waals surface area contributed by atoms with Crippen molar-refractivity contribution in [2.75, 3.05) is 26.8 Å². The van der Waals surface area contributed by atoms with Crippen LogP contribution in [-0.4, -0.2) is 65.7 Å². The number of rotatable bonds is 9. The number of amidine groups is 1. The first-order valence-electron chi connectivity index (χ1n) is 11.8. The van der Waals surface area contributed by atoms with Crippen LogP contribution in [-0.2, 0) is 20.7 Å². The average molecular weight is 550 g/mol. The molecule has 1 atom stereocenters. The summed E-state index contributed by atoms with van der Waals surface area (Å²) in [5.74, 6) is -0.361. The molecule has 8 heteroatoms. The van der Waals surface area contributed by atoms with E-state index in [2.05, 4.69) is 55.9 Å². The van der Waals surface area contributed by atoms with Crippen LogP contribution in [0.15, 0.2) is 83.9 Å². The number of methoxy groups -OCH3 is 1. The summed E-state index contributed by atoms with van der Waals surface area (Å²) in [7, 11) is 1.36. The molecule has 0 spiro atoms. The van der Waals surface area contributed by atoms with Gasteiger partial charge >= 0.3 is 207 Å². The Bertz CT molecular complexity index is 1190. The van der Waals surface area contributed by atoms with Crippen LogP contribution in [0.25, 0.3) is 11.1 Å². The number of alkyl carbamates (subject to hydrolysis) is 1. The fourth-order valence-corrected chi connectivity index (χ4v) is 4.83. The molecule has 1 radical (unpaired) electrons. The number of esters is 1. The van der Waals surface area contributed by atoms with E-state index < -0.39 is 12.1 Å². The van der Waals surface area contributed by atoms with Gasteiger partial charge in [-0.1, -0.05) is 12.1 Å². The van der Waals surface area contributed by atoms with Gasteiger partial charge in [-0.05, 0) is 0 Å². The van der Waals surface area contributed by atoms with Gasteiger partial charge in [-0.2, -0.15) is 0 Å². The van der Waals surface area contributed by atoms with Gasteiger partial charge in [0.2, 0.25) is 0 Å². The van der Waals surface area contributed by atoms with Crippen LogP contribution in [0.4, 0.5) is 4.79 Å². The minimum absolute atomic E-state index is 0.0158. The predicted octanol–water partition coefficient (Wildman–Crippen LogP) is 3.42. The van der Waals surface area contributed by atoms with Gasteiger partial charge in [0.1, 0.15) is 0 Å². The molecule has 3 aromatic carbocycles. The standard InChI is InChI=1S/C28H28N3O4Se/c1-34-26(32)25(17-19-9-3-2-4-10-19)31-27(36)29-15-16-30-28(33)35-18-24-22-13-7-5-11-20(22)21-12-6-8-14-23(21)24/h2-14,24-25H,15-18H2,1H3,(H,29,31)(H,30,33)/t25-/m0/s1. The first kappa shape index (κ1) is 25.5. The Morgan fingerprint density at radius 1 is 0.944 bits per heavy atom. The summed E-state index contributed by atoms with van der Waals surface area (Å²) < 4.78 is 10.9. The molecule has 0 saturated heterocycles. The van der Waals surface area contributed by atoms with Crippen molar-refractivity contribution < 1.29 is 19.1 Å². The second kappa shape index (κ2) is 12.4. The fraction of sp³-hybridized carbons (Fsp3) is 0.250. The van der Waals surface area contributed by atoms with Gasteiger partial charge in [0.15, 0.2) is 0 Å². The average Bonchev–Trinajstić information content (AvgIpc) is 3.23. The molecule has 0 bridgehead atoms. The molecular formula is C28H28N3O4Se. The molecule has 0 saturated carbocycles. The zero-order valence-corrected chi connectivity index (χ0v) is 21.7. The summed E-state index contributed by atoms with van der Waals surface area (Å²) >= 11 is 2.83. The molecule has 4 rings (SSSR count). The Hall–Kier alpha value is -3.61. The molecule has 0 heterocycles. The molecule has 0 aromatic heterocycles. The van der Waals surface area contributed by atoms with Gasteiger partial charge in [-0.3, -0.25) is 0 Å². The second-order valence-electron chi connectivity index (χ2n) is 8.35. The molecule has 185 valence electrons. The summed E-state index contributed by atoms with van der Waals surface area (Å²) in [6.07, 6.45) is -0.0233. The van der Waals surface area contributed by atoms with Gasteiger partial charge in [0, 0.05) is 0 Å². The molecule has 1 amide bonds. The van der Waals surface area contributed by atoms with Crippen molar-refractivity contribution in [1.82, 2.24) is 10.6 Å². The van der Waals surface area contributed by atoms with Gasteiger partial charge < -0.3 is 0 Å². The number of fused-ring (bicyclic) bond motifs is 3. The van der Waals surface area contributed by atoms with Crippen molar-refractivity contribution >= 4 is 32.8 Å². The SMILES string of the molecule is COC(=O)[C@H](Cc1ccccc1)NC([Se])=NCCNC(=O)OCC1c2ccccc2-c2ccccc21. The molecule has 0 fully saturated rings. The molecule has 1 aliphatic carbocycles. The fourth-order valence-electron chi connectivity index (χ4n) is 4.34. The molecule has 1 aliphatic rings. The van der Waals surface area contributed by atoms with E-state index in [4.69, 9.17) is 9.47 Å². The predicted molar refractivity (Wildman–Crippen MR) is 140 cm³/mol. The van der Waals surface area contributed by atoms with E-state index in [1.54, 1.807) is 0 Å². The topological polar surface area (TPSA) is 89.0 Å². The molecule has 0 aliphatic heterocycles. The third kappa shape index (κ3) is 6.33. The number of carbonyl (C=O) groups excluding carboxylic acids is 2. The first-order valence-corrected chi connectivity index (χ1v) is 12.6. The molecule has 2 N–H and O–H groups in total. The van der Waals surface area contributed by atoms with E-state index in [9.17, 15) is 9.59 Å². The summed E-state index contributed by atoms with van der Waals surface area (Å²) in [5.41, 5.74) is 5.72. The van der Waals surface area contributed by atoms with E-state index >= 15 is 0 Å². The van der Waals surface area contributed by atoms with E-state index in [-0.39, 0.29) is 18.5 Å². The molecular weight excluding hydrogens is 521 g/mol. The third-order valence-corrected chi connectivity index (χ3v) is 6.56. The van der Waals surface area contributed by atoms with Crippen molar-refractivity contribution in [3.05, 3.63) is 95.6 Å². The minimum atomic E-state index is -0.576. The number of ether oxygens (including phenoxy) is 2. The Labute approximate surface area is 219 Å². The molecule has 7 nitrogen and oxygen atoms in total. The van der Waals surface area contributed by atoms with Crippen LogP contribution < -0.4 is 10.6 Å². The Kier molecular flexibility index (Phi) is 8.76. The van der Waals surface area contributed by atoms with E-state index in [0.717, 1.165) is 5.56 Å². The van der Waals surface area contributed by atoms with Gasteiger partial charge in [-0.25, -0.2) is 0 Å². The molecule has 3 aromatic rings. The Morgan fingerprint density at radius 2 is 1.56 bits per heavy atom. The second-order valence-corrected chi connectivity index (χ2v) is 9.16. The molecule has 0 unspecified atom stereocenters. The maximum atomic E-state index is 12.3. The van der Waals surface area contributed by atoms with Crippen molar-refractivity contribution in [2.45, 2.75) is 18.4 Å². The van der Waals surface area contributed by atoms with Gasteiger partial charge in [-0.15, -0.1) is 0 Å². The van der Waals surface area contributed by atoms with Crippen molar-refractivity contribution in [3.63, 3.8) is 0 Å². The van der Waals surface area contributed by atoms with E-state index in [1.807, 2.05) is 54.6 Å². The van der Waals surface area contributed by atoms with Gasteiger partial charge in [0.25, 0.3) is 0 Å². The number of nitrogens with zero attached hydrogens (tertiary/aromatic N) is 1. The van der Waals surface area contributed by atoms with Crippen molar-refractivity contribution in [1.29, 1.82) is 0 Å². The van der Waals surface area contributed by atoms with Crippen LogP contribution in [0, 0.1) is 0 Å². The maximum absolute atomic E-state index is 12.3. The summed E-state index contributed by atoms with van der Waals surface area (Å²) in [6.45, 7) is 0.877. The summed E-state index contributed by atoms with van der Waals surface area (Å²) in [6, 6.07) is 25.5. The third-order valence-electron chi connectivity index (χ3n) is 6.05. The van der Waals surface area contributed by atoms with Gasteiger partial charge in [0.05, 0.1) is 0 Å². The summed E-state index contributed by atoms with van der Waals surface area (Å²) in [4.78, 5) is 28.9. The van der Waals surface area contributed by atoms with Crippen LogP contribution >= 0.6 is 0 Å². The zero-order valence-electron chi connectivity index (χ0n) is 20.0. The monoisotopic (exact) mass is 550 g/mol. The van der Waals surface area contributed by atoms with E-state index in [1.165, 1.54) is 29.4 Å². The number of amides is 1. The Morgan fingerprint density at radius 3 is 2.19 bits per heavy atom. The number of nitrogens with one attached hydrogen (secondary N) is 2. The number of aliphatic imine (C=N–C) groups is 1. The number of hydrogen-bond donors (Lipinski definition) is 2. The van der Waals surface area contributed by atoms with Crippen LogP contribution in [0.5, 0.6) is 0 Å². The molecule has 36 heavy (non-hydrogen) atoms. The number of benzene rings is 3. The van der Waals surface area contributed by atoms with Crippen molar-refractivity contribution in [3.8, 4) is 11.1 Å². The first-order chi connectivity index (χ1) is 17.6.